The topological polar surface area (TPSA) is 29.9 Å². The molecule has 1 unspecified atom stereocenters. The molecule has 0 aliphatic heterocycles. The minimum atomic E-state index is 0.0727. The van der Waals surface area contributed by atoms with Gasteiger partial charge in [-0.25, -0.2) is 0 Å². The highest BCUT2D eigenvalue weighted by molar-refractivity contribution is 5.05. The first-order chi connectivity index (χ1) is 8.97. The van der Waals surface area contributed by atoms with E-state index in [1.807, 2.05) is 10.9 Å². The molecule has 0 spiro atoms. The van der Waals surface area contributed by atoms with Crippen LogP contribution >= 0.6 is 0 Å². The van der Waals surface area contributed by atoms with E-state index in [9.17, 15) is 0 Å². The quantitative estimate of drug-likeness (QED) is 0.767. The summed E-state index contributed by atoms with van der Waals surface area (Å²) in [7, 11) is 0. The van der Waals surface area contributed by atoms with Gasteiger partial charge in [0.1, 0.15) is 0 Å². The zero-order chi connectivity index (χ0) is 14.3. The maximum atomic E-state index is 4.45. The Hall–Kier alpha value is -0.830. The molecule has 0 saturated heterocycles. The Kier molecular flexibility index (Phi) is 6.56. The van der Waals surface area contributed by atoms with E-state index in [4.69, 9.17) is 0 Å². The smallest absolute Gasteiger partial charge is 0.0543 e. The molecule has 3 heteroatoms. The van der Waals surface area contributed by atoms with E-state index in [0.717, 1.165) is 6.54 Å². The number of nitrogens with one attached hydrogen (secondary N) is 1. The second kappa shape index (κ2) is 7.68. The van der Waals surface area contributed by atoms with Crippen molar-refractivity contribution in [1.82, 2.24) is 15.1 Å². The van der Waals surface area contributed by atoms with Crippen LogP contribution < -0.4 is 5.32 Å². The van der Waals surface area contributed by atoms with Gasteiger partial charge in [0.2, 0.25) is 0 Å². The summed E-state index contributed by atoms with van der Waals surface area (Å²) in [5.74, 6) is 0. The lowest BCUT2D eigenvalue weighted by Gasteiger charge is -2.19. The number of nitrogens with zero attached hydrogens (tertiary/aromatic N) is 2. The molecule has 0 amide bonds. The van der Waals surface area contributed by atoms with Gasteiger partial charge in [-0.3, -0.25) is 4.68 Å². The monoisotopic (exact) mass is 265 g/mol. The predicted molar refractivity (Wildman–Crippen MR) is 82.3 cm³/mol. The van der Waals surface area contributed by atoms with Crippen LogP contribution in [0.25, 0.3) is 0 Å². The van der Waals surface area contributed by atoms with Crippen molar-refractivity contribution in [1.29, 1.82) is 0 Å². The van der Waals surface area contributed by atoms with Crippen molar-refractivity contribution in [2.45, 2.75) is 84.8 Å². The fraction of sp³-hybridized carbons (Fsp3) is 0.812. The Bertz CT molecular complexity index is 349. The van der Waals surface area contributed by atoms with Crippen LogP contribution in [0.3, 0.4) is 0 Å². The van der Waals surface area contributed by atoms with Crippen molar-refractivity contribution >= 4 is 0 Å². The zero-order valence-corrected chi connectivity index (χ0v) is 13.4. The van der Waals surface area contributed by atoms with Gasteiger partial charge in [-0.1, -0.05) is 33.1 Å². The van der Waals surface area contributed by atoms with Gasteiger partial charge in [-0.15, -0.1) is 0 Å². The van der Waals surface area contributed by atoms with Crippen molar-refractivity contribution in [2.75, 3.05) is 0 Å². The molecule has 0 aromatic carbocycles. The average Bonchev–Trinajstić information content (AvgIpc) is 2.81. The summed E-state index contributed by atoms with van der Waals surface area (Å²) >= 11 is 0. The Labute approximate surface area is 118 Å². The van der Waals surface area contributed by atoms with Crippen LogP contribution in [0.5, 0.6) is 0 Å². The third-order valence-corrected chi connectivity index (χ3v) is 3.46. The molecular weight excluding hydrogens is 234 g/mol. The maximum Gasteiger partial charge on any atom is 0.0543 e. The highest BCUT2D eigenvalue weighted by atomic mass is 15.3. The van der Waals surface area contributed by atoms with Gasteiger partial charge in [0.25, 0.3) is 0 Å². The molecule has 0 radical (unpaired) electrons. The van der Waals surface area contributed by atoms with E-state index in [0.29, 0.717) is 6.04 Å². The number of unbranched alkanes of at least 4 members (excludes halogenated alkanes) is 1. The minimum absolute atomic E-state index is 0.0727. The Balaban J connectivity index is 2.47. The van der Waals surface area contributed by atoms with Crippen LogP contribution in [0.2, 0.25) is 0 Å². The molecular formula is C16H31N3. The third kappa shape index (κ3) is 5.77. The molecule has 1 atom stereocenters. The lowest BCUT2D eigenvalue weighted by atomic mass is 10.1. The first-order valence-corrected chi connectivity index (χ1v) is 7.74. The summed E-state index contributed by atoms with van der Waals surface area (Å²) in [6, 6.07) is 0.655. The summed E-state index contributed by atoms with van der Waals surface area (Å²) in [6.45, 7) is 12.0. The van der Waals surface area contributed by atoms with Crippen molar-refractivity contribution in [3.63, 3.8) is 0 Å². The first kappa shape index (κ1) is 16.2. The van der Waals surface area contributed by atoms with Crippen LogP contribution in [-0.4, -0.2) is 15.8 Å². The second-order valence-electron chi connectivity index (χ2n) is 6.47. The fourth-order valence-corrected chi connectivity index (χ4v) is 2.23. The van der Waals surface area contributed by atoms with Gasteiger partial charge in [0, 0.05) is 24.3 Å². The van der Waals surface area contributed by atoms with E-state index >= 15 is 0 Å². The van der Waals surface area contributed by atoms with Crippen molar-refractivity contribution < 1.29 is 0 Å². The average molecular weight is 265 g/mol. The van der Waals surface area contributed by atoms with Crippen molar-refractivity contribution in [3.05, 3.63) is 18.0 Å². The molecule has 0 aliphatic carbocycles. The molecule has 0 saturated carbocycles. The van der Waals surface area contributed by atoms with Gasteiger partial charge in [-0.2, -0.15) is 5.10 Å². The first-order valence-electron chi connectivity index (χ1n) is 7.74. The number of aromatic nitrogens is 2. The number of hydrogen-bond donors (Lipinski definition) is 1. The fourth-order valence-electron chi connectivity index (χ4n) is 2.23. The lowest BCUT2D eigenvalue weighted by molar-refractivity contribution is 0.355. The molecule has 0 fully saturated rings. The maximum absolute atomic E-state index is 4.45. The van der Waals surface area contributed by atoms with Crippen molar-refractivity contribution in [2.24, 2.45) is 0 Å². The van der Waals surface area contributed by atoms with Crippen LogP contribution in [0.15, 0.2) is 12.4 Å². The van der Waals surface area contributed by atoms with Crippen molar-refractivity contribution in [3.8, 4) is 0 Å². The third-order valence-electron chi connectivity index (χ3n) is 3.46. The molecule has 0 bridgehead atoms. The van der Waals surface area contributed by atoms with E-state index in [1.54, 1.807) is 0 Å². The standard InChI is InChI=1S/C16H31N3/c1-6-8-10-15(9-7-2)17-11-14-12-18-19(13-14)16(3,4)5/h12-13,15,17H,6-11H2,1-5H3. The molecule has 19 heavy (non-hydrogen) atoms. The largest absolute Gasteiger partial charge is 0.310 e. The number of hydrogen-bond acceptors (Lipinski definition) is 2. The Morgan fingerprint density at radius 3 is 2.47 bits per heavy atom. The van der Waals surface area contributed by atoms with Crippen LogP contribution in [0, 0.1) is 0 Å². The normalized spacial score (nSPS) is 13.7. The summed E-state index contributed by atoms with van der Waals surface area (Å²) in [5.41, 5.74) is 1.36. The minimum Gasteiger partial charge on any atom is -0.310 e. The van der Waals surface area contributed by atoms with Crippen LogP contribution in [0.1, 0.15) is 72.3 Å². The van der Waals surface area contributed by atoms with Gasteiger partial charge in [0.15, 0.2) is 0 Å². The highest BCUT2D eigenvalue weighted by Crippen LogP contribution is 2.14. The molecule has 110 valence electrons. The molecule has 1 aromatic rings. The molecule has 1 N–H and O–H groups in total. The molecule has 0 aliphatic rings. The SMILES string of the molecule is CCCCC(CCC)NCc1cnn(C(C)(C)C)c1. The zero-order valence-electron chi connectivity index (χ0n) is 13.4. The second-order valence-corrected chi connectivity index (χ2v) is 6.47. The number of rotatable bonds is 8. The van der Waals surface area contributed by atoms with E-state index in [2.05, 4.69) is 51.2 Å². The summed E-state index contributed by atoms with van der Waals surface area (Å²) in [5, 5.41) is 8.13. The van der Waals surface area contributed by atoms with E-state index in [1.165, 1.54) is 37.7 Å². The van der Waals surface area contributed by atoms with Gasteiger partial charge in [0.05, 0.1) is 11.7 Å². The summed E-state index contributed by atoms with van der Waals surface area (Å²) < 4.78 is 2.05. The predicted octanol–water partition coefficient (Wildman–Crippen LogP) is 4.09. The van der Waals surface area contributed by atoms with Gasteiger partial charge in [-0.05, 0) is 33.6 Å². The highest BCUT2D eigenvalue weighted by Gasteiger charge is 2.14. The van der Waals surface area contributed by atoms with Crippen LogP contribution in [-0.2, 0) is 12.1 Å². The molecule has 1 aromatic heterocycles. The Morgan fingerprint density at radius 1 is 1.21 bits per heavy atom. The molecule has 3 nitrogen and oxygen atoms in total. The van der Waals surface area contributed by atoms with Gasteiger partial charge >= 0.3 is 0 Å². The van der Waals surface area contributed by atoms with Gasteiger partial charge < -0.3 is 5.32 Å². The van der Waals surface area contributed by atoms with E-state index in [-0.39, 0.29) is 5.54 Å². The lowest BCUT2D eigenvalue weighted by Crippen LogP contribution is -2.28. The molecule has 1 heterocycles. The molecule has 1 rings (SSSR count). The Morgan fingerprint density at radius 2 is 1.95 bits per heavy atom. The van der Waals surface area contributed by atoms with Crippen LogP contribution in [0.4, 0.5) is 0 Å². The summed E-state index contributed by atoms with van der Waals surface area (Å²) in [4.78, 5) is 0. The van der Waals surface area contributed by atoms with E-state index < -0.39 is 0 Å². The summed E-state index contributed by atoms with van der Waals surface area (Å²) in [6.07, 6.45) is 10.6.